The molecule has 1 aromatic heterocycles. The van der Waals surface area contributed by atoms with E-state index in [1.807, 2.05) is 49.4 Å². The van der Waals surface area contributed by atoms with Crippen LogP contribution in [0.5, 0.6) is 0 Å². The largest absolute Gasteiger partial charge is 0.416 e. The molecule has 57 heavy (non-hydrogen) atoms. The minimum Gasteiger partial charge on any atom is -0.357 e. The highest BCUT2D eigenvalue weighted by Crippen LogP contribution is 2.39. The molecule has 0 N–H and O–H groups in total. The van der Waals surface area contributed by atoms with Gasteiger partial charge in [-0.05, 0) is 87.1 Å². The van der Waals surface area contributed by atoms with Gasteiger partial charge in [0.05, 0.1) is 5.56 Å². The summed E-state index contributed by atoms with van der Waals surface area (Å²) in [6, 6.07) is 19.0. The molecule has 6 nitrogen and oxygen atoms in total. The number of nitrogens with zero attached hydrogens (tertiary/aromatic N) is 4. The molecule has 5 rings (SSSR count). The van der Waals surface area contributed by atoms with Gasteiger partial charge in [-0.1, -0.05) is 74.1 Å². The van der Waals surface area contributed by atoms with E-state index in [0.717, 1.165) is 40.9 Å². The summed E-state index contributed by atoms with van der Waals surface area (Å²) in [5, 5.41) is -2.52. The lowest BCUT2D eigenvalue weighted by atomic mass is 9.32. The van der Waals surface area contributed by atoms with Gasteiger partial charge in [-0.2, -0.15) is 18.2 Å². The van der Waals surface area contributed by atoms with Crippen LogP contribution < -0.4 is 5.56 Å². The Morgan fingerprint density at radius 2 is 1.26 bits per heavy atom. The molecule has 4 aromatic rings. The van der Waals surface area contributed by atoms with Crippen molar-refractivity contribution >= 4 is 96.1 Å². The van der Waals surface area contributed by atoms with Crippen molar-refractivity contribution in [1.82, 2.24) is 19.4 Å². The normalized spacial score (nSPS) is 14.1. The van der Waals surface area contributed by atoms with Crippen molar-refractivity contribution in [2.24, 2.45) is 0 Å². The highest BCUT2D eigenvalue weighted by atomic mass is 32.2. The minimum atomic E-state index is -4.42. The smallest absolute Gasteiger partial charge is 0.357 e. The van der Waals surface area contributed by atoms with Crippen LogP contribution in [0.3, 0.4) is 0 Å². The van der Waals surface area contributed by atoms with E-state index in [2.05, 4.69) is 86.5 Å². The van der Waals surface area contributed by atoms with Crippen molar-refractivity contribution in [2.75, 3.05) is 0 Å². The Bertz CT molecular complexity index is 2150. The summed E-state index contributed by atoms with van der Waals surface area (Å²) >= 11 is 1.36. The molecule has 0 bridgehead atoms. The van der Waals surface area contributed by atoms with E-state index in [-0.39, 0.29) is 34.5 Å². The zero-order valence-electron chi connectivity index (χ0n) is 35.5. The lowest BCUT2D eigenvalue weighted by Crippen LogP contribution is -2.83. The third-order valence-corrected chi connectivity index (χ3v) is 12.7. The van der Waals surface area contributed by atoms with Crippen LogP contribution >= 0.6 is 11.8 Å². The van der Waals surface area contributed by atoms with Gasteiger partial charge in [0, 0.05) is 22.3 Å². The van der Waals surface area contributed by atoms with E-state index >= 15 is 4.79 Å². The summed E-state index contributed by atoms with van der Waals surface area (Å²) < 4.78 is 55.6. The summed E-state index contributed by atoms with van der Waals surface area (Å²) in [7, 11) is 21.4. The first-order valence-electron chi connectivity index (χ1n) is 19.6. The molecule has 0 atom stereocenters. The van der Waals surface area contributed by atoms with E-state index in [9.17, 15) is 22.4 Å². The number of carbonyl (C=O) groups excluding carboxylic acids is 1. The van der Waals surface area contributed by atoms with Gasteiger partial charge in [0.25, 0.3) is 5.56 Å². The van der Waals surface area contributed by atoms with E-state index in [0.29, 0.717) is 34.9 Å². The van der Waals surface area contributed by atoms with Crippen LogP contribution in [0, 0.1) is 5.82 Å². The highest BCUT2D eigenvalue weighted by Gasteiger charge is 2.54. The Morgan fingerprint density at radius 1 is 0.754 bits per heavy atom. The second kappa shape index (κ2) is 16.0. The van der Waals surface area contributed by atoms with Gasteiger partial charge in [-0.3, -0.25) is 9.59 Å². The molecule has 21 heteroatoms. The molecule has 0 saturated heterocycles. The first-order valence-corrected chi connectivity index (χ1v) is 20.6. The number of benzene rings is 3. The molecule has 0 saturated carbocycles. The van der Waals surface area contributed by atoms with Crippen LogP contribution in [0.1, 0.15) is 48.2 Å². The van der Waals surface area contributed by atoms with E-state index in [4.69, 9.17) is 0 Å². The molecule has 1 heterocycles. The Morgan fingerprint density at radius 3 is 1.75 bits per heavy atom. The van der Waals surface area contributed by atoms with Crippen LogP contribution in [-0.2, 0) is 41.4 Å². The van der Waals surface area contributed by atoms with Gasteiger partial charge in [-0.15, -0.1) is 0 Å². The number of halogens is 4. The molecule has 0 spiro atoms. The molecule has 0 unspecified atom stereocenters. The summed E-state index contributed by atoms with van der Waals surface area (Å²) in [6.07, 6.45) is -2.39. The number of fused-ring (bicyclic) bond motifs is 1. The fraction of sp³-hybridized carbons (Fsp3) is 0.361. The monoisotopic (exact) mass is 786 g/mol. The first-order chi connectivity index (χ1) is 26.2. The number of aromatic nitrogens is 2. The number of thioether (sulfide) groups is 1. The van der Waals surface area contributed by atoms with Gasteiger partial charge in [0.1, 0.15) is 90.8 Å². The number of rotatable bonds is 13. The van der Waals surface area contributed by atoms with Crippen molar-refractivity contribution in [1.29, 1.82) is 0 Å². The van der Waals surface area contributed by atoms with Crippen LogP contribution in [0.15, 0.2) is 82.7 Å². The molecule has 0 aliphatic heterocycles. The molecule has 1 amide bonds. The first kappa shape index (κ1) is 44.8. The van der Waals surface area contributed by atoms with Crippen molar-refractivity contribution in [3.05, 3.63) is 117 Å². The summed E-state index contributed by atoms with van der Waals surface area (Å²) in [5.74, 6) is -0.0538. The van der Waals surface area contributed by atoms with E-state index in [1.54, 1.807) is 12.1 Å². The van der Waals surface area contributed by atoms with Crippen molar-refractivity contribution in [3.8, 4) is 11.1 Å². The quantitative estimate of drug-likeness (QED) is 0.0619. The zero-order valence-corrected chi connectivity index (χ0v) is 36.3. The van der Waals surface area contributed by atoms with Crippen LogP contribution in [0.4, 0.5) is 17.6 Å². The highest BCUT2D eigenvalue weighted by molar-refractivity contribution is 7.98. The zero-order chi connectivity index (χ0) is 42.5. The average molecular weight is 785 g/mol. The Hall–Kier alpha value is -3.31. The van der Waals surface area contributed by atoms with E-state index in [1.165, 1.54) is 36.0 Å². The standard InChI is InChI=1S/C36H48B10F4N4O2S/c1-31(37,38)54(32(2,39)40)36(45,46)35(43,44)53(33(41,42)23-12-8-21(9-13-23)22-10-14-24(15-11-22)34(48,49)50)28(55)18-52-27-5-3-4-26(27)29(56)51-30(52)57-19-20-6-16-25(47)17-7-20/h6-17H,3-5,18-19,37-46H2,1-2H3. The topological polar surface area (TPSA) is 58.4 Å². The van der Waals surface area contributed by atoms with Gasteiger partial charge in [-0.25, -0.2) is 4.39 Å². The Balaban J connectivity index is 1.63. The third-order valence-electron chi connectivity index (χ3n) is 11.7. The van der Waals surface area contributed by atoms with Crippen molar-refractivity contribution < 1.29 is 22.4 Å². The average Bonchev–Trinajstić information content (AvgIpc) is 3.58. The molecule has 3 aromatic carbocycles. The van der Waals surface area contributed by atoms with Gasteiger partial charge < -0.3 is 14.4 Å². The molecular weight excluding hydrogens is 737 g/mol. The lowest BCUT2D eigenvalue weighted by Gasteiger charge is -2.66. The predicted molar refractivity (Wildman–Crippen MR) is 251 cm³/mol. The summed E-state index contributed by atoms with van der Waals surface area (Å²) in [4.78, 5) is 37.8. The molecule has 1 aliphatic rings. The number of amides is 1. The minimum absolute atomic E-state index is 0.0566. The SMILES string of the molecule is BC(B)(C)N(C(B)(B)C)C(B)(B)C(B)(B)N(C(=O)Cn1c(SCc2ccc(F)cc2)nc(=O)c2c1CCC2)C(B)(B)c1ccc(-c2ccc(C(F)(F)F)cc2)cc1. The van der Waals surface area contributed by atoms with Crippen LogP contribution in [0.2, 0.25) is 0 Å². The molecule has 1 aliphatic carbocycles. The Kier molecular flexibility index (Phi) is 12.6. The van der Waals surface area contributed by atoms with Gasteiger partial charge in [0.15, 0.2) is 5.16 Å². The maximum Gasteiger partial charge on any atom is 0.416 e. The van der Waals surface area contributed by atoms with E-state index < -0.39 is 27.8 Å². The predicted octanol–water partition coefficient (Wildman–Crippen LogP) is -3.22. The summed E-state index contributed by atoms with van der Waals surface area (Å²) in [5.41, 5.74) is 3.61. The number of hydrogen-bond donors (Lipinski definition) is 0. The van der Waals surface area contributed by atoms with Crippen LogP contribution in [-0.4, -0.2) is 125 Å². The van der Waals surface area contributed by atoms with Crippen molar-refractivity contribution in [3.63, 3.8) is 0 Å². The third kappa shape index (κ3) is 9.29. The fourth-order valence-electron chi connectivity index (χ4n) is 9.40. The second-order valence-corrected chi connectivity index (χ2v) is 19.7. The van der Waals surface area contributed by atoms with Gasteiger partial charge in [0.2, 0.25) is 5.91 Å². The molecule has 288 valence electrons. The Labute approximate surface area is 348 Å². The summed E-state index contributed by atoms with van der Waals surface area (Å²) in [6.45, 7) is 4.32. The second-order valence-electron chi connectivity index (χ2n) is 18.7. The van der Waals surface area contributed by atoms with Gasteiger partial charge >= 0.3 is 6.18 Å². The molecular formula is C36H48B10F4N4O2S. The fourth-order valence-corrected chi connectivity index (χ4v) is 10.4. The number of carbonyl (C=O) groups is 1. The van der Waals surface area contributed by atoms with Crippen LogP contribution in [0.25, 0.3) is 11.1 Å². The molecule has 0 radical (unpaired) electrons. The van der Waals surface area contributed by atoms with Crippen molar-refractivity contribution in [2.45, 2.75) is 83.4 Å². The lowest BCUT2D eigenvalue weighted by molar-refractivity contribution is -0.138. The maximum absolute atomic E-state index is 15.5. The molecule has 0 fully saturated rings. The maximum atomic E-state index is 15.5. The number of alkyl halides is 3. The number of hydrogen-bond acceptors (Lipinski definition) is 5.